The third kappa shape index (κ3) is 10.2. The maximum atomic E-state index is 3.28. The lowest BCUT2D eigenvalue weighted by atomic mass is 9.87. The van der Waals surface area contributed by atoms with Gasteiger partial charge in [0.2, 0.25) is 0 Å². The van der Waals surface area contributed by atoms with Crippen molar-refractivity contribution in [2.24, 2.45) is 5.41 Å². The van der Waals surface area contributed by atoms with E-state index in [-0.39, 0.29) is 0 Å². The minimum atomic E-state index is 0.484. The first-order chi connectivity index (χ1) is 7.12. The Morgan fingerprint density at radius 1 is 0.867 bits per heavy atom. The summed E-state index contributed by atoms with van der Waals surface area (Å²) in [5, 5.41) is 3.28. The van der Waals surface area contributed by atoms with E-state index in [9.17, 15) is 0 Å². The highest BCUT2D eigenvalue weighted by atomic mass is 14.8. The number of hydrogen-bond donors (Lipinski definition) is 1. The predicted octanol–water partition coefficient (Wildman–Crippen LogP) is 4.37. The fourth-order valence-corrected chi connectivity index (χ4v) is 2.13. The summed E-state index contributed by atoms with van der Waals surface area (Å²) in [6.45, 7) is 8.14. The normalized spacial score (nSPS) is 12.0. The fourth-order valence-electron chi connectivity index (χ4n) is 2.13. The monoisotopic (exact) mass is 213 g/mol. The van der Waals surface area contributed by atoms with Crippen molar-refractivity contribution < 1.29 is 0 Å². The van der Waals surface area contributed by atoms with Crippen LogP contribution in [-0.4, -0.2) is 13.6 Å². The van der Waals surface area contributed by atoms with Gasteiger partial charge in [-0.15, -0.1) is 0 Å². The number of rotatable bonds is 10. The van der Waals surface area contributed by atoms with Gasteiger partial charge in [-0.2, -0.15) is 0 Å². The Kier molecular flexibility index (Phi) is 9.18. The second-order valence-corrected chi connectivity index (χ2v) is 5.57. The van der Waals surface area contributed by atoms with Crippen LogP contribution in [-0.2, 0) is 0 Å². The SMILES string of the molecule is CCCCCCCCCC(C)(C)CNC. The van der Waals surface area contributed by atoms with Crippen LogP contribution >= 0.6 is 0 Å². The highest BCUT2D eigenvalue weighted by molar-refractivity contribution is 4.70. The number of unbranched alkanes of at least 4 members (excludes halogenated alkanes) is 6. The summed E-state index contributed by atoms with van der Waals surface area (Å²) in [5.41, 5.74) is 0.484. The summed E-state index contributed by atoms with van der Waals surface area (Å²) in [4.78, 5) is 0. The van der Waals surface area contributed by atoms with Crippen molar-refractivity contribution in [2.45, 2.75) is 72.1 Å². The zero-order valence-electron chi connectivity index (χ0n) is 11.4. The molecule has 0 bridgehead atoms. The largest absolute Gasteiger partial charge is 0.319 e. The van der Waals surface area contributed by atoms with Gasteiger partial charge in [0.25, 0.3) is 0 Å². The Balaban J connectivity index is 3.22. The first-order valence-electron chi connectivity index (χ1n) is 6.77. The highest BCUT2D eigenvalue weighted by Gasteiger charge is 2.15. The van der Waals surface area contributed by atoms with Crippen LogP contribution in [0.3, 0.4) is 0 Å². The Morgan fingerprint density at radius 3 is 1.93 bits per heavy atom. The average molecular weight is 213 g/mol. The molecule has 0 aromatic rings. The molecule has 0 spiro atoms. The first kappa shape index (κ1) is 15.0. The summed E-state index contributed by atoms with van der Waals surface area (Å²) < 4.78 is 0. The van der Waals surface area contributed by atoms with E-state index in [0.29, 0.717) is 5.41 Å². The van der Waals surface area contributed by atoms with Crippen molar-refractivity contribution >= 4 is 0 Å². The van der Waals surface area contributed by atoms with Crippen molar-refractivity contribution in [3.05, 3.63) is 0 Å². The standard InChI is InChI=1S/C14H31N/c1-5-6-7-8-9-10-11-12-14(2,3)13-15-4/h15H,5-13H2,1-4H3. The Labute approximate surface area is 97.0 Å². The summed E-state index contributed by atoms with van der Waals surface area (Å²) >= 11 is 0. The topological polar surface area (TPSA) is 12.0 Å². The minimum absolute atomic E-state index is 0.484. The molecule has 0 aliphatic carbocycles. The van der Waals surface area contributed by atoms with Crippen LogP contribution in [0.25, 0.3) is 0 Å². The van der Waals surface area contributed by atoms with E-state index in [1.165, 1.54) is 51.4 Å². The van der Waals surface area contributed by atoms with Crippen LogP contribution < -0.4 is 5.32 Å². The van der Waals surface area contributed by atoms with Crippen LogP contribution in [0.4, 0.5) is 0 Å². The Hall–Kier alpha value is -0.0400. The minimum Gasteiger partial charge on any atom is -0.319 e. The van der Waals surface area contributed by atoms with Gasteiger partial charge in [-0.1, -0.05) is 65.7 Å². The molecule has 0 saturated carbocycles. The van der Waals surface area contributed by atoms with Gasteiger partial charge in [0.15, 0.2) is 0 Å². The Morgan fingerprint density at radius 2 is 1.40 bits per heavy atom. The Bertz CT molecular complexity index is 129. The highest BCUT2D eigenvalue weighted by Crippen LogP contribution is 2.22. The van der Waals surface area contributed by atoms with Crippen LogP contribution in [0.1, 0.15) is 72.1 Å². The maximum absolute atomic E-state index is 3.28. The molecule has 15 heavy (non-hydrogen) atoms. The van der Waals surface area contributed by atoms with Gasteiger partial charge in [-0.05, 0) is 25.4 Å². The molecule has 1 N–H and O–H groups in total. The zero-order valence-corrected chi connectivity index (χ0v) is 11.4. The molecule has 0 rings (SSSR count). The van der Waals surface area contributed by atoms with E-state index in [1.807, 2.05) is 7.05 Å². The molecule has 1 nitrogen and oxygen atoms in total. The second-order valence-electron chi connectivity index (χ2n) is 5.57. The fraction of sp³-hybridized carbons (Fsp3) is 1.00. The molecule has 0 unspecified atom stereocenters. The zero-order chi connectivity index (χ0) is 11.6. The molecule has 0 radical (unpaired) electrons. The van der Waals surface area contributed by atoms with E-state index in [4.69, 9.17) is 0 Å². The molecule has 0 fully saturated rings. The molecule has 0 heterocycles. The van der Waals surface area contributed by atoms with Gasteiger partial charge < -0.3 is 5.32 Å². The lowest BCUT2D eigenvalue weighted by Crippen LogP contribution is -2.26. The van der Waals surface area contributed by atoms with Crippen molar-refractivity contribution in [2.75, 3.05) is 13.6 Å². The number of hydrogen-bond acceptors (Lipinski definition) is 1. The second kappa shape index (κ2) is 9.21. The molecule has 0 amide bonds. The van der Waals surface area contributed by atoms with Gasteiger partial charge in [0.05, 0.1) is 0 Å². The molecule has 0 aliphatic heterocycles. The van der Waals surface area contributed by atoms with E-state index in [0.717, 1.165) is 6.54 Å². The van der Waals surface area contributed by atoms with Crippen LogP contribution in [0.15, 0.2) is 0 Å². The molecule has 0 aromatic carbocycles. The smallest absolute Gasteiger partial charge is 0.0000488 e. The summed E-state index contributed by atoms with van der Waals surface area (Å²) in [6, 6.07) is 0. The molecule has 0 aliphatic rings. The van der Waals surface area contributed by atoms with Gasteiger partial charge in [0, 0.05) is 0 Å². The van der Waals surface area contributed by atoms with Gasteiger partial charge in [0.1, 0.15) is 0 Å². The van der Waals surface area contributed by atoms with E-state index in [2.05, 4.69) is 26.1 Å². The van der Waals surface area contributed by atoms with Crippen molar-refractivity contribution in [3.8, 4) is 0 Å². The molecule has 0 aromatic heterocycles. The third-order valence-electron chi connectivity index (χ3n) is 3.11. The van der Waals surface area contributed by atoms with Crippen LogP contribution in [0.2, 0.25) is 0 Å². The number of nitrogens with one attached hydrogen (secondary N) is 1. The van der Waals surface area contributed by atoms with Gasteiger partial charge >= 0.3 is 0 Å². The van der Waals surface area contributed by atoms with E-state index < -0.39 is 0 Å². The van der Waals surface area contributed by atoms with E-state index >= 15 is 0 Å². The predicted molar refractivity (Wildman–Crippen MR) is 70.3 cm³/mol. The van der Waals surface area contributed by atoms with Crippen LogP contribution in [0.5, 0.6) is 0 Å². The third-order valence-corrected chi connectivity index (χ3v) is 3.11. The lowest BCUT2D eigenvalue weighted by molar-refractivity contribution is 0.309. The van der Waals surface area contributed by atoms with Crippen molar-refractivity contribution in [1.29, 1.82) is 0 Å². The molecule has 1 heteroatoms. The van der Waals surface area contributed by atoms with Gasteiger partial charge in [-0.3, -0.25) is 0 Å². The summed E-state index contributed by atoms with van der Waals surface area (Å²) in [6.07, 6.45) is 11.3. The quantitative estimate of drug-likeness (QED) is 0.531. The molecule has 0 atom stereocenters. The lowest BCUT2D eigenvalue weighted by Gasteiger charge is -2.23. The molecule has 0 saturated heterocycles. The van der Waals surface area contributed by atoms with E-state index in [1.54, 1.807) is 0 Å². The molecule has 92 valence electrons. The van der Waals surface area contributed by atoms with Crippen molar-refractivity contribution in [1.82, 2.24) is 5.32 Å². The van der Waals surface area contributed by atoms with Crippen LogP contribution in [0, 0.1) is 5.41 Å². The molecular weight excluding hydrogens is 182 g/mol. The van der Waals surface area contributed by atoms with Crippen molar-refractivity contribution in [3.63, 3.8) is 0 Å². The average Bonchev–Trinajstić information content (AvgIpc) is 2.16. The summed E-state index contributed by atoms with van der Waals surface area (Å²) in [7, 11) is 2.05. The molecular formula is C14H31N. The first-order valence-corrected chi connectivity index (χ1v) is 6.77. The van der Waals surface area contributed by atoms with Gasteiger partial charge in [-0.25, -0.2) is 0 Å². The maximum Gasteiger partial charge on any atom is -0.0000488 e. The summed E-state index contributed by atoms with van der Waals surface area (Å²) in [5.74, 6) is 0.